The summed E-state index contributed by atoms with van der Waals surface area (Å²) in [5.41, 5.74) is -0.877. The molecule has 0 amide bonds. The maximum Gasteiger partial charge on any atom is 0.149 e. The first kappa shape index (κ1) is 8.18. The summed E-state index contributed by atoms with van der Waals surface area (Å²) < 4.78 is 0. The molecule has 11 heavy (non-hydrogen) atoms. The van der Waals surface area contributed by atoms with Gasteiger partial charge < -0.3 is 0 Å². The van der Waals surface area contributed by atoms with Crippen molar-refractivity contribution in [2.45, 2.75) is 26.2 Å². The number of rotatable bonds is 1. The Morgan fingerprint density at radius 1 is 1.36 bits per heavy atom. The van der Waals surface area contributed by atoms with Gasteiger partial charge in [0.15, 0.2) is 0 Å². The molecule has 0 bridgehead atoms. The molecule has 60 valence electrons. The Morgan fingerprint density at radius 3 is 2.09 bits per heavy atom. The van der Waals surface area contributed by atoms with Gasteiger partial charge in [0.1, 0.15) is 17.0 Å². The predicted molar refractivity (Wildman–Crippen MR) is 42.2 cm³/mol. The van der Waals surface area contributed by atoms with E-state index >= 15 is 0 Å². The third kappa shape index (κ3) is 1.13. The molecule has 0 aromatic heterocycles. The topological polar surface area (TPSA) is 34.1 Å². The van der Waals surface area contributed by atoms with Crippen molar-refractivity contribution < 1.29 is 9.59 Å². The number of carbonyl (C=O) groups excluding carboxylic acids is 2. The van der Waals surface area contributed by atoms with E-state index in [0.29, 0.717) is 19.3 Å². The van der Waals surface area contributed by atoms with E-state index in [1.165, 1.54) is 6.08 Å². The highest BCUT2D eigenvalue weighted by Gasteiger charge is 2.39. The first-order valence-electron chi connectivity index (χ1n) is 3.81. The largest absolute Gasteiger partial charge is 0.298 e. The normalized spacial score (nSPS) is 23.4. The first-order valence-corrected chi connectivity index (χ1v) is 3.81. The van der Waals surface area contributed by atoms with Crippen LogP contribution in [0.1, 0.15) is 26.2 Å². The van der Waals surface area contributed by atoms with E-state index in [9.17, 15) is 9.59 Å². The van der Waals surface area contributed by atoms with Gasteiger partial charge in [0.25, 0.3) is 0 Å². The fraction of sp³-hybridized carbons (Fsp3) is 0.556. The Hall–Kier alpha value is -0.920. The van der Waals surface area contributed by atoms with Gasteiger partial charge in [0.2, 0.25) is 0 Å². The summed E-state index contributed by atoms with van der Waals surface area (Å²) in [6, 6.07) is 0. The molecular weight excluding hydrogens is 140 g/mol. The van der Waals surface area contributed by atoms with Crippen molar-refractivity contribution in [2.75, 3.05) is 0 Å². The number of allylic oxidation sites excluding steroid dienone is 1. The zero-order chi connectivity index (χ0) is 8.48. The average Bonchev–Trinajstić information content (AvgIpc) is 2.00. The maximum absolute atomic E-state index is 11.3. The number of hydrogen-bond donors (Lipinski definition) is 0. The van der Waals surface area contributed by atoms with Gasteiger partial charge in [-0.05, 0) is 13.3 Å². The SMILES string of the molecule is C=CC1(C)C(=O)CCCC1=O. The molecule has 0 heterocycles. The number of hydrogen-bond acceptors (Lipinski definition) is 2. The second-order valence-electron chi connectivity index (χ2n) is 3.11. The fourth-order valence-electron chi connectivity index (χ4n) is 1.31. The van der Waals surface area contributed by atoms with Gasteiger partial charge in [0, 0.05) is 12.8 Å². The minimum atomic E-state index is -0.877. The molecule has 0 spiro atoms. The van der Waals surface area contributed by atoms with Crippen LogP contribution in [-0.2, 0) is 9.59 Å². The minimum absolute atomic E-state index is 0.0174. The van der Waals surface area contributed by atoms with Crippen LogP contribution in [0.15, 0.2) is 12.7 Å². The Morgan fingerprint density at radius 2 is 1.82 bits per heavy atom. The van der Waals surface area contributed by atoms with Crippen molar-refractivity contribution in [2.24, 2.45) is 5.41 Å². The summed E-state index contributed by atoms with van der Waals surface area (Å²) in [5, 5.41) is 0. The van der Waals surface area contributed by atoms with Gasteiger partial charge in [-0.15, -0.1) is 6.58 Å². The van der Waals surface area contributed by atoms with E-state index < -0.39 is 5.41 Å². The van der Waals surface area contributed by atoms with Gasteiger partial charge in [-0.25, -0.2) is 0 Å². The third-order valence-corrected chi connectivity index (χ3v) is 2.37. The first-order chi connectivity index (χ1) is 5.11. The monoisotopic (exact) mass is 152 g/mol. The molecule has 0 radical (unpaired) electrons. The van der Waals surface area contributed by atoms with Crippen LogP contribution in [0.2, 0.25) is 0 Å². The molecule has 1 aliphatic rings. The van der Waals surface area contributed by atoms with Crippen LogP contribution in [0.4, 0.5) is 0 Å². The van der Waals surface area contributed by atoms with Gasteiger partial charge >= 0.3 is 0 Å². The van der Waals surface area contributed by atoms with Crippen LogP contribution in [0.25, 0.3) is 0 Å². The van der Waals surface area contributed by atoms with E-state index in [-0.39, 0.29) is 11.6 Å². The third-order valence-electron chi connectivity index (χ3n) is 2.37. The van der Waals surface area contributed by atoms with E-state index in [2.05, 4.69) is 6.58 Å². The lowest BCUT2D eigenvalue weighted by Crippen LogP contribution is -2.37. The molecule has 2 heteroatoms. The zero-order valence-electron chi connectivity index (χ0n) is 6.72. The molecule has 0 saturated heterocycles. The zero-order valence-corrected chi connectivity index (χ0v) is 6.72. The number of ketones is 2. The molecule has 1 aliphatic carbocycles. The molecule has 0 unspecified atom stereocenters. The second-order valence-corrected chi connectivity index (χ2v) is 3.11. The van der Waals surface area contributed by atoms with Crippen molar-refractivity contribution in [1.82, 2.24) is 0 Å². The van der Waals surface area contributed by atoms with Crippen LogP contribution in [0.5, 0.6) is 0 Å². The molecule has 0 N–H and O–H groups in total. The summed E-state index contributed by atoms with van der Waals surface area (Å²) in [6.45, 7) is 5.17. The summed E-state index contributed by atoms with van der Waals surface area (Å²) in [4.78, 5) is 22.5. The standard InChI is InChI=1S/C9H12O2/c1-3-9(2)7(10)5-4-6-8(9)11/h3H,1,4-6H2,2H3. The average molecular weight is 152 g/mol. The van der Waals surface area contributed by atoms with Crippen molar-refractivity contribution in [3.05, 3.63) is 12.7 Å². The van der Waals surface area contributed by atoms with E-state index in [0.717, 1.165) is 0 Å². The molecule has 0 aliphatic heterocycles. The highest BCUT2D eigenvalue weighted by Crippen LogP contribution is 2.30. The molecule has 0 aromatic rings. The van der Waals surface area contributed by atoms with Crippen LogP contribution in [0.3, 0.4) is 0 Å². The molecule has 0 atom stereocenters. The number of carbonyl (C=O) groups is 2. The minimum Gasteiger partial charge on any atom is -0.298 e. The Kier molecular flexibility index (Phi) is 1.94. The summed E-state index contributed by atoms with van der Waals surface area (Å²) in [5.74, 6) is 0.0347. The smallest absolute Gasteiger partial charge is 0.149 e. The fourth-order valence-corrected chi connectivity index (χ4v) is 1.31. The summed E-state index contributed by atoms with van der Waals surface area (Å²) >= 11 is 0. The molecular formula is C9H12O2. The van der Waals surface area contributed by atoms with Crippen LogP contribution >= 0.6 is 0 Å². The quantitative estimate of drug-likeness (QED) is 0.421. The summed E-state index contributed by atoms with van der Waals surface area (Å²) in [6.07, 6.45) is 3.22. The highest BCUT2D eigenvalue weighted by molar-refractivity contribution is 6.10. The lowest BCUT2D eigenvalue weighted by atomic mass is 9.74. The Bertz CT molecular complexity index is 200. The van der Waals surface area contributed by atoms with Gasteiger partial charge in [0.05, 0.1) is 0 Å². The van der Waals surface area contributed by atoms with E-state index in [1.807, 2.05) is 0 Å². The van der Waals surface area contributed by atoms with Crippen LogP contribution < -0.4 is 0 Å². The second kappa shape index (κ2) is 2.61. The molecule has 1 saturated carbocycles. The lowest BCUT2D eigenvalue weighted by Gasteiger charge is -2.26. The molecule has 2 nitrogen and oxygen atoms in total. The Labute approximate surface area is 66.3 Å². The lowest BCUT2D eigenvalue weighted by molar-refractivity contribution is -0.139. The van der Waals surface area contributed by atoms with E-state index in [4.69, 9.17) is 0 Å². The van der Waals surface area contributed by atoms with Crippen molar-refractivity contribution in [1.29, 1.82) is 0 Å². The van der Waals surface area contributed by atoms with Crippen LogP contribution in [-0.4, -0.2) is 11.6 Å². The van der Waals surface area contributed by atoms with Gasteiger partial charge in [-0.2, -0.15) is 0 Å². The maximum atomic E-state index is 11.3. The molecule has 0 aromatic carbocycles. The van der Waals surface area contributed by atoms with Crippen molar-refractivity contribution >= 4 is 11.6 Å². The molecule has 1 rings (SSSR count). The van der Waals surface area contributed by atoms with Crippen molar-refractivity contribution in [3.63, 3.8) is 0 Å². The highest BCUT2D eigenvalue weighted by atomic mass is 16.2. The molecule has 1 fully saturated rings. The number of Topliss-reactive ketones (excluding diaryl/α,β-unsaturated/α-hetero) is 2. The van der Waals surface area contributed by atoms with E-state index in [1.54, 1.807) is 6.92 Å². The van der Waals surface area contributed by atoms with Crippen LogP contribution in [0, 0.1) is 5.41 Å². The van der Waals surface area contributed by atoms with Crippen molar-refractivity contribution in [3.8, 4) is 0 Å². The van der Waals surface area contributed by atoms with Gasteiger partial charge in [-0.1, -0.05) is 6.08 Å². The van der Waals surface area contributed by atoms with Gasteiger partial charge in [-0.3, -0.25) is 9.59 Å². The summed E-state index contributed by atoms with van der Waals surface area (Å²) in [7, 11) is 0. The Balaban J connectivity index is 2.95. The predicted octanol–water partition coefficient (Wildman–Crippen LogP) is 1.50.